The van der Waals surface area contributed by atoms with Gasteiger partial charge in [0.2, 0.25) is 23.6 Å². The van der Waals surface area contributed by atoms with Crippen molar-refractivity contribution in [1.29, 1.82) is 0 Å². The molecular weight excluding hydrogens is 1530 g/mol. The number of carbonyl (C=O) groups excluding carboxylic acids is 7. The maximum Gasteiger partial charge on any atom is 0.306 e. The molecule has 40 heteroatoms. The van der Waals surface area contributed by atoms with Crippen molar-refractivity contribution in [1.82, 2.24) is 24.9 Å². The molecule has 13 unspecified atom stereocenters. The minimum Gasteiger partial charge on any atom is -0.456 e. The molecule has 7 fully saturated rings. The third-order valence-corrected chi connectivity index (χ3v) is 25.5. The molecule has 0 aromatic carbocycles. The molecule has 114 heavy (non-hydrogen) atoms. The van der Waals surface area contributed by atoms with Crippen molar-refractivity contribution in [2.75, 3.05) is 96.9 Å². The summed E-state index contributed by atoms with van der Waals surface area (Å²) in [5.74, 6) is -2.11. The molecular formula is C74H134N16O22S2. The van der Waals surface area contributed by atoms with Gasteiger partial charge in [-0.2, -0.15) is 0 Å². The summed E-state index contributed by atoms with van der Waals surface area (Å²) in [5.41, 5.74) is 50.7. The number of likely N-dealkylation sites (tertiary alicyclic amines) is 4. The quantitative estimate of drug-likeness (QED) is 0.00899. The van der Waals surface area contributed by atoms with Crippen molar-refractivity contribution in [3.8, 4) is 0 Å². The van der Waals surface area contributed by atoms with Crippen molar-refractivity contribution in [3.05, 3.63) is 0 Å². The third kappa shape index (κ3) is 24.7. The minimum absolute atomic E-state index is 0.00846. The van der Waals surface area contributed by atoms with E-state index < -0.39 is 176 Å². The van der Waals surface area contributed by atoms with E-state index in [1.807, 2.05) is 65.2 Å². The van der Waals surface area contributed by atoms with Crippen LogP contribution in [0.15, 0.2) is 9.98 Å². The van der Waals surface area contributed by atoms with Gasteiger partial charge in [-0.3, -0.25) is 53.3 Å². The van der Waals surface area contributed by atoms with Crippen LogP contribution in [0, 0.1) is 11.8 Å². The molecule has 38 nitrogen and oxygen atoms in total. The first-order valence-electron chi connectivity index (χ1n) is 40.5. The topological polar surface area (TPSA) is 608 Å². The summed E-state index contributed by atoms with van der Waals surface area (Å²) in [7, 11) is 2.92. The van der Waals surface area contributed by atoms with Crippen molar-refractivity contribution in [2.45, 2.75) is 303 Å². The fourth-order valence-electron chi connectivity index (χ4n) is 16.7. The number of rotatable bonds is 46. The van der Waals surface area contributed by atoms with E-state index in [1.54, 1.807) is 0 Å². The number of hydrogen-bond acceptors (Lipinski definition) is 32. The number of amides is 4. The minimum atomic E-state index is -1.81. The van der Waals surface area contributed by atoms with Gasteiger partial charge < -0.3 is 140 Å². The fourth-order valence-corrected chi connectivity index (χ4v) is 18.9. The van der Waals surface area contributed by atoms with Gasteiger partial charge in [0.1, 0.15) is 61.0 Å². The Balaban J connectivity index is 0.982. The number of carbonyl (C=O) groups is 7. The number of ketones is 2. The fraction of sp³-hybridized carbons (Fsp3) is 0.878. The van der Waals surface area contributed by atoms with Gasteiger partial charge in [0, 0.05) is 122 Å². The lowest BCUT2D eigenvalue weighted by atomic mass is 9.81. The van der Waals surface area contributed by atoms with Gasteiger partial charge in [-0.1, -0.05) is 77.0 Å². The predicted octanol–water partition coefficient (Wildman–Crippen LogP) is -4.41. The molecule has 0 aromatic heterocycles. The van der Waals surface area contributed by atoms with E-state index in [-0.39, 0.29) is 184 Å². The number of nitrogens with one attached hydrogen (secondary N) is 1. The summed E-state index contributed by atoms with van der Waals surface area (Å²) in [6.07, 6.45) is -17.0. The lowest BCUT2D eigenvalue weighted by Crippen LogP contribution is -2.68. The highest BCUT2D eigenvalue weighted by Gasteiger charge is 2.59. The molecule has 1 aliphatic carbocycles. The number of hydrogen-bond donors (Lipinski definition) is 16. The standard InChI is InChI=1S/C74H134N16O22S2/c1-9-73(10-2,53(92)31-86-54(93)17-13-23-113-114-24-14-18-55(94)110-64-58(96)51(30-75)108-70(61(64)99)112-63-46(77)29-45(76)62(60(63)98)111-69-59(97)56(78)57(95)52(36-91)109-69)90-35-44(107-38-40(7)8)28-50(90)68(103)88-33-42(105-22-16-20-85-72(82)83)27-49(88)67(102)87-32-41(104-21-15-19-84-71(80)81)25-47(87)65(100)74(11-3,12-4)89-34-43(106-37-39(5)6)26-48(89)66(79)101/h39-52,56-64,69-70,91,95-99H,9-38,75-78H2,1-8H3,(H2,79,101)(H,86,93)(H4,80,81,84)(H4,82,83,85)/t41-,42-,43-,44-,45-,46?,47+,48+,49+,50+,51?,52?,56+,57?,58?,59?,60?,61?,62?,63?,64?,69?,70?/m1/s1. The van der Waals surface area contributed by atoms with Crippen LogP contribution >= 0.6 is 21.6 Å². The van der Waals surface area contributed by atoms with Crippen molar-refractivity contribution in [2.24, 2.45) is 73.4 Å². The Morgan fingerprint density at radius 1 is 0.544 bits per heavy atom. The molecule has 0 aromatic rings. The number of nitrogens with zero attached hydrogens (tertiary/aromatic N) is 6. The van der Waals surface area contributed by atoms with Gasteiger partial charge >= 0.3 is 5.97 Å². The number of guanidine groups is 2. The summed E-state index contributed by atoms with van der Waals surface area (Å²) in [6, 6.07) is -7.28. The zero-order valence-corrected chi connectivity index (χ0v) is 69.2. The number of primary amides is 1. The van der Waals surface area contributed by atoms with Crippen LogP contribution < -0.4 is 56.9 Å². The van der Waals surface area contributed by atoms with Crippen molar-refractivity contribution < 1.29 is 107 Å². The second-order valence-electron chi connectivity index (χ2n) is 31.8. The highest BCUT2D eigenvalue weighted by molar-refractivity contribution is 8.76. The highest BCUT2D eigenvalue weighted by atomic mass is 33.1. The van der Waals surface area contributed by atoms with Gasteiger partial charge in [0.15, 0.2) is 42.2 Å². The molecule has 25 N–H and O–H groups in total. The van der Waals surface area contributed by atoms with Crippen molar-refractivity contribution >= 4 is 74.7 Å². The zero-order valence-electron chi connectivity index (χ0n) is 67.6. The van der Waals surface area contributed by atoms with Crippen LogP contribution in [0.1, 0.15) is 152 Å². The lowest BCUT2D eigenvalue weighted by Gasteiger charge is -2.48. The van der Waals surface area contributed by atoms with Crippen LogP contribution in [-0.4, -0.2) is 352 Å². The first kappa shape index (κ1) is 96.3. The average molecular weight is 1660 g/mol. The molecule has 0 radical (unpaired) electrons. The number of aliphatic hydroxyl groups is 6. The summed E-state index contributed by atoms with van der Waals surface area (Å²) >= 11 is 0. The highest BCUT2D eigenvalue weighted by Crippen LogP contribution is 2.42. The van der Waals surface area contributed by atoms with Crippen LogP contribution in [0.3, 0.4) is 0 Å². The van der Waals surface area contributed by atoms with Gasteiger partial charge in [-0.15, -0.1) is 0 Å². The van der Waals surface area contributed by atoms with Crippen molar-refractivity contribution in [3.63, 3.8) is 0 Å². The smallest absolute Gasteiger partial charge is 0.306 e. The van der Waals surface area contributed by atoms with Crippen LogP contribution in [0.25, 0.3) is 0 Å². The molecule has 1 saturated carbocycles. The Bertz CT molecular complexity index is 3130. The SMILES string of the molecule is CCC(CC)(C(=O)CNC(=O)CCCSSCCCC(=O)OC1C(O)C(CN)OC(OC2C(N)C[C@@H](N)C(OC3OC(CO)C(O)[C@H](N)C3O)C2O)C1O)N1C[C@H](OCC(C)C)C[C@H]1C(=O)N1C[C@H](OCCCN=C(N)N)C[C@H]1C(=O)N1C[C@H](OCCCN=C(N)N)C[C@H]1C(=O)C(CC)(CC)N1C[C@H](OCC(C)C)C[C@H]1C(N)=O. The van der Waals surface area contributed by atoms with E-state index >= 15 is 19.2 Å². The Labute approximate surface area is 676 Å². The molecule has 6 saturated heterocycles. The number of ether oxygens (including phenoxy) is 9. The molecule has 4 amide bonds. The van der Waals surface area contributed by atoms with Gasteiger partial charge in [0.05, 0.1) is 72.8 Å². The monoisotopic (exact) mass is 1660 g/mol. The second-order valence-corrected chi connectivity index (χ2v) is 34.5. The molecule has 7 aliphatic rings. The molecule has 654 valence electrons. The van der Waals surface area contributed by atoms with Crippen LogP contribution in [-0.2, 0) is 76.2 Å². The Morgan fingerprint density at radius 3 is 1.51 bits per heavy atom. The maximum atomic E-state index is 16.1. The Kier molecular flexibility index (Phi) is 38.4. The number of esters is 1. The van der Waals surface area contributed by atoms with E-state index in [0.717, 1.165) is 0 Å². The Hall–Kier alpha value is -4.87. The normalized spacial score (nSPS) is 32.4. The number of aliphatic imine (C=N–C) groups is 2. The number of aliphatic hydroxyl groups excluding tert-OH is 6. The zero-order chi connectivity index (χ0) is 84.1. The van der Waals surface area contributed by atoms with E-state index in [9.17, 15) is 45.0 Å². The largest absolute Gasteiger partial charge is 0.456 e. The summed E-state index contributed by atoms with van der Waals surface area (Å²) in [6.45, 7) is 16.4. The first-order chi connectivity index (χ1) is 54.1. The lowest BCUT2D eigenvalue weighted by molar-refractivity contribution is -0.332. The van der Waals surface area contributed by atoms with Crippen LogP contribution in [0.4, 0.5) is 0 Å². The molecule has 0 bridgehead atoms. The number of nitrogens with two attached hydrogens (primary N) is 9. The average Bonchev–Trinajstić information content (AvgIpc) is 1.58. The molecule has 23 atom stereocenters. The molecule has 0 spiro atoms. The van der Waals surface area contributed by atoms with E-state index in [1.165, 1.54) is 31.4 Å². The number of Topliss-reactive ketones (excluding diaryl/α,β-unsaturated/α-hetero) is 2. The van der Waals surface area contributed by atoms with Gasteiger partial charge in [-0.05, 0) is 82.5 Å². The first-order valence-corrected chi connectivity index (χ1v) is 43.0. The van der Waals surface area contributed by atoms with E-state index in [2.05, 4.69) is 15.3 Å². The van der Waals surface area contributed by atoms with E-state index in [4.69, 9.17) is 94.2 Å². The Morgan fingerprint density at radius 2 is 1.01 bits per heavy atom. The maximum absolute atomic E-state index is 16.1. The molecule has 7 rings (SSSR count). The van der Waals surface area contributed by atoms with E-state index in [0.29, 0.717) is 50.4 Å². The van der Waals surface area contributed by atoms with Gasteiger partial charge in [-0.25, -0.2) is 0 Å². The van der Waals surface area contributed by atoms with Gasteiger partial charge in [0.25, 0.3) is 0 Å². The predicted molar refractivity (Wildman–Crippen MR) is 424 cm³/mol. The summed E-state index contributed by atoms with van der Waals surface area (Å²) < 4.78 is 54.6. The molecule has 6 aliphatic heterocycles. The summed E-state index contributed by atoms with van der Waals surface area (Å²) in [5, 5.41) is 67.8. The molecule has 6 heterocycles. The third-order valence-electron chi connectivity index (χ3n) is 23.0. The van der Waals surface area contributed by atoms with Crippen LogP contribution in [0.2, 0.25) is 0 Å². The van der Waals surface area contributed by atoms with Crippen LogP contribution in [0.5, 0.6) is 0 Å². The summed E-state index contributed by atoms with van der Waals surface area (Å²) in [4.78, 5) is 118. The second kappa shape index (κ2) is 45.5.